The number of hydrogen-bond acceptors (Lipinski definition) is 5. The van der Waals surface area contributed by atoms with Crippen LogP contribution in [0.3, 0.4) is 0 Å². The first-order valence-corrected chi connectivity index (χ1v) is 7.09. The Bertz CT molecular complexity index is 740. The molecule has 1 N–H and O–H groups in total. The van der Waals surface area contributed by atoms with Crippen molar-refractivity contribution in [2.75, 3.05) is 20.8 Å². The second-order valence-electron chi connectivity index (χ2n) is 5.42. The average molecular weight is 300 g/mol. The predicted octanol–water partition coefficient (Wildman–Crippen LogP) is 3.02. The van der Waals surface area contributed by atoms with Gasteiger partial charge in [0.25, 0.3) is 0 Å². The molecule has 0 aromatic heterocycles. The van der Waals surface area contributed by atoms with E-state index >= 15 is 0 Å². The van der Waals surface area contributed by atoms with Crippen molar-refractivity contribution in [1.29, 1.82) is 0 Å². The van der Waals surface area contributed by atoms with E-state index in [0.717, 1.165) is 22.6 Å². The third-order valence-electron chi connectivity index (χ3n) is 4.27. The smallest absolute Gasteiger partial charge is 0.138 e. The maximum Gasteiger partial charge on any atom is 0.138 e. The number of ether oxygens (including phenoxy) is 4. The van der Waals surface area contributed by atoms with Gasteiger partial charge in [0.15, 0.2) is 0 Å². The molecule has 0 spiro atoms. The summed E-state index contributed by atoms with van der Waals surface area (Å²) in [6.45, 7) is 0.456. The molecule has 2 aliphatic rings. The van der Waals surface area contributed by atoms with Crippen LogP contribution in [-0.4, -0.2) is 25.9 Å². The molecule has 5 nitrogen and oxygen atoms in total. The molecule has 2 aromatic rings. The summed E-state index contributed by atoms with van der Waals surface area (Å²) >= 11 is 0. The van der Waals surface area contributed by atoms with Crippen LogP contribution >= 0.6 is 0 Å². The Morgan fingerprint density at radius 1 is 1.05 bits per heavy atom. The SMILES string of the molecule is COc1ccc2c(c1)OC[C@@H]1c3c(O)cc(OC)cc3O[C@H]21. The minimum absolute atomic E-state index is 0.0261. The van der Waals surface area contributed by atoms with Crippen LogP contribution in [0.2, 0.25) is 0 Å². The van der Waals surface area contributed by atoms with Gasteiger partial charge in [0.2, 0.25) is 0 Å². The Labute approximate surface area is 128 Å². The Hall–Kier alpha value is -2.56. The Balaban J connectivity index is 1.78. The lowest BCUT2D eigenvalue weighted by Gasteiger charge is -2.28. The fraction of sp³-hybridized carbons (Fsp3) is 0.294. The van der Waals surface area contributed by atoms with Crippen molar-refractivity contribution in [3.8, 4) is 28.7 Å². The zero-order valence-electron chi connectivity index (χ0n) is 12.3. The van der Waals surface area contributed by atoms with Crippen LogP contribution in [0, 0.1) is 0 Å². The van der Waals surface area contributed by atoms with E-state index in [1.165, 1.54) is 0 Å². The normalized spacial score (nSPS) is 21.0. The van der Waals surface area contributed by atoms with Crippen LogP contribution < -0.4 is 18.9 Å². The van der Waals surface area contributed by atoms with Crippen LogP contribution in [-0.2, 0) is 0 Å². The molecule has 0 aliphatic carbocycles. The van der Waals surface area contributed by atoms with Gasteiger partial charge in [-0.25, -0.2) is 0 Å². The van der Waals surface area contributed by atoms with Crippen molar-refractivity contribution in [3.05, 3.63) is 41.5 Å². The Morgan fingerprint density at radius 2 is 1.82 bits per heavy atom. The highest BCUT2D eigenvalue weighted by Gasteiger charge is 2.42. The summed E-state index contributed by atoms with van der Waals surface area (Å²) in [5, 5.41) is 10.3. The van der Waals surface area contributed by atoms with E-state index < -0.39 is 0 Å². The predicted molar refractivity (Wildman–Crippen MR) is 79.3 cm³/mol. The van der Waals surface area contributed by atoms with Gasteiger partial charge in [0.1, 0.15) is 34.9 Å². The van der Waals surface area contributed by atoms with Crippen LogP contribution in [0.15, 0.2) is 30.3 Å². The summed E-state index contributed by atoms with van der Waals surface area (Å²) in [6, 6.07) is 9.10. The lowest BCUT2D eigenvalue weighted by Crippen LogP contribution is -2.23. The third kappa shape index (κ3) is 1.78. The fourth-order valence-electron chi connectivity index (χ4n) is 3.18. The van der Waals surface area contributed by atoms with E-state index in [2.05, 4.69) is 0 Å². The molecule has 2 atom stereocenters. The summed E-state index contributed by atoms with van der Waals surface area (Å²) in [5.41, 5.74) is 1.75. The molecule has 2 heterocycles. The van der Waals surface area contributed by atoms with Crippen molar-refractivity contribution in [3.63, 3.8) is 0 Å². The number of hydrogen-bond donors (Lipinski definition) is 1. The highest BCUT2D eigenvalue weighted by Crippen LogP contribution is 2.55. The van der Waals surface area contributed by atoms with Crippen LogP contribution in [0.5, 0.6) is 28.7 Å². The molecule has 5 heteroatoms. The number of phenols is 1. The maximum absolute atomic E-state index is 10.3. The summed E-state index contributed by atoms with van der Waals surface area (Å²) in [6.07, 6.45) is -0.164. The standard InChI is InChI=1S/C17H16O5/c1-19-9-3-4-11-14(6-9)21-8-12-16-13(18)5-10(20-2)7-15(16)22-17(11)12/h3-7,12,17-18H,8H2,1-2H3/t12-,17-/m1/s1. The number of rotatable bonds is 2. The minimum Gasteiger partial charge on any atom is -0.507 e. The molecule has 0 bridgehead atoms. The first-order valence-electron chi connectivity index (χ1n) is 7.09. The highest BCUT2D eigenvalue weighted by atomic mass is 16.5. The van der Waals surface area contributed by atoms with E-state index in [1.54, 1.807) is 26.4 Å². The van der Waals surface area contributed by atoms with Gasteiger partial charge in [-0.3, -0.25) is 0 Å². The van der Waals surface area contributed by atoms with E-state index in [4.69, 9.17) is 18.9 Å². The largest absolute Gasteiger partial charge is 0.507 e. The molecular weight excluding hydrogens is 284 g/mol. The van der Waals surface area contributed by atoms with E-state index in [9.17, 15) is 5.11 Å². The lowest BCUT2D eigenvalue weighted by atomic mass is 9.89. The van der Waals surface area contributed by atoms with Crippen molar-refractivity contribution < 1.29 is 24.1 Å². The third-order valence-corrected chi connectivity index (χ3v) is 4.27. The molecule has 114 valence electrons. The summed E-state index contributed by atoms with van der Waals surface area (Å²) < 4.78 is 22.3. The van der Waals surface area contributed by atoms with E-state index in [1.807, 2.05) is 18.2 Å². The minimum atomic E-state index is -0.164. The molecule has 0 saturated heterocycles. The molecule has 0 saturated carbocycles. The molecule has 0 radical (unpaired) electrons. The summed E-state index contributed by atoms with van der Waals surface area (Å²) in [4.78, 5) is 0. The van der Waals surface area contributed by atoms with E-state index in [0.29, 0.717) is 18.1 Å². The quantitative estimate of drug-likeness (QED) is 0.924. The number of phenolic OH excluding ortho intramolecular Hbond substituents is 1. The van der Waals surface area contributed by atoms with Crippen LogP contribution in [0.1, 0.15) is 23.1 Å². The van der Waals surface area contributed by atoms with Crippen molar-refractivity contribution in [1.82, 2.24) is 0 Å². The molecule has 0 amide bonds. The van der Waals surface area contributed by atoms with Gasteiger partial charge in [0.05, 0.1) is 26.7 Å². The maximum atomic E-state index is 10.3. The Morgan fingerprint density at radius 3 is 2.59 bits per heavy atom. The van der Waals surface area contributed by atoms with Gasteiger partial charge in [-0.2, -0.15) is 0 Å². The second-order valence-corrected chi connectivity index (χ2v) is 5.42. The van der Waals surface area contributed by atoms with Gasteiger partial charge in [0, 0.05) is 29.3 Å². The van der Waals surface area contributed by atoms with Crippen molar-refractivity contribution in [2.45, 2.75) is 12.0 Å². The zero-order valence-corrected chi connectivity index (χ0v) is 12.3. The van der Waals surface area contributed by atoms with Gasteiger partial charge in [-0.1, -0.05) is 0 Å². The van der Waals surface area contributed by atoms with Crippen LogP contribution in [0.4, 0.5) is 0 Å². The molecular formula is C17H16O5. The van der Waals surface area contributed by atoms with Crippen molar-refractivity contribution >= 4 is 0 Å². The van der Waals surface area contributed by atoms with Crippen molar-refractivity contribution in [2.24, 2.45) is 0 Å². The van der Waals surface area contributed by atoms with Gasteiger partial charge in [-0.15, -0.1) is 0 Å². The summed E-state index contributed by atoms with van der Waals surface area (Å²) in [7, 11) is 3.19. The molecule has 4 rings (SSSR count). The number of methoxy groups -OCH3 is 2. The highest BCUT2D eigenvalue weighted by molar-refractivity contribution is 5.57. The first-order chi connectivity index (χ1) is 10.7. The summed E-state index contributed by atoms with van der Waals surface area (Å²) in [5.74, 6) is 2.89. The number of fused-ring (bicyclic) bond motifs is 5. The van der Waals surface area contributed by atoms with Gasteiger partial charge < -0.3 is 24.1 Å². The molecule has 2 aliphatic heterocycles. The van der Waals surface area contributed by atoms with E-state index in [-0.39, 0.29) is 17.8 Å². The monoisotopic (exact) mass is 300 g/mol. The number of benzene rings is 2. The topological polar surface area (TPSA) is 57.2 Å². The molecule has 0 fully saturated rings. The lowest BCUT2D eigenvalue weighted by molar-refractivity contribution is 0.138. The first kappa shape index (κ1) is 13.1. The van der Waals surface area contributed by atoms with Crippen LogP contribution in [0.25, 0.3) is 0 Å². The van der Waals surface area contributed by atoms with Gasteiger partial charge in [-0.05, 0) is 12.1 Å². The second kappa shape index (κ2) is 4.73. The molecule has 22 heavy (non-hydrogen) atoms. The zero-order chi connectivity index (χ0) is 15.3. The fourth-order valence-corrected chi connectivity index (χ4v) is 3.18. The average Bonchev–Trinajstić information content (AvgIpc) is 2.93. The number of aromatic hydroxyl groups is 1. The Kier molecular flexibility index (Phi) is 2.82. The molecule has 2 aromatic carbocycles. The molecule has 0 unspecified atom stereocenters. The van der Waals surface area contributed by atoms with Gasteiger partial charge >= 0.3 is 0 Å².